The lowest BCUT2D eigenvalue weighted by Gasteiger charge is -2.04. The zero-order chi connectivity index (χ0) is 16.4. The van der Waals surface area contributed by atoms with Crippen LogP contribution in [0.3, 0.4) is 0 Å². The number of anilines is 1. The van der Waals surface area contributed by atoms with Gasteiger partial charge >= 0.3 is 0 Å². The van der Waals surface area contributed by atoms with Gasteiger partial charge in [-0.2, -0.15) is 0 Å². The lowest BCUT2D eigenvalue weighted by molar-refractivity contribution is 0.103. The Hall–Kier alpha value is -1.70. The van der Waals surface area contributed by atoms with Gasteiger partial charge in [0, 0.05) is 10.6 Å². The van der Waals surface area contributed by atoms with E-state index in [0.29, 0.717) is 10.6 Å². The van der Waals surface area contributed by atoms with E-state index in [1.165, 1.54) is 54.0 Å². The fourth-order valence-corrected chi connectivity index (χ4v) is 4.36. The molecule has 0 fully saturated rings. The highest BCUT2D eigenvalue weighted by atomic mass is 32.2. The number of carbonyl (C=O) groups is 1. The van der Waals surface area contributed by atoms with Crippen molar-refractivity contribution in [3.05, 3.63) is 45.6 Å². The van der Waals surface area contributed by atoms with E-state index in [1.807, 2.05) is 6.07 Å². The van der Waals surface area contributed by atoms with Gasteiger partial charge in [-0.25, -0.2) is 13.6 Å². The SMILES string of the molecule is NS(=O)(=O)c1ccc(NC(=O)c2cc3c(s2)CCCCC3)cc1. The molecule has 3 N–H and O–H groups in total. The number of thiophene rings is 1. The monoisotopic (exact) mass is 350 g/mol. The number of hydrogen-bond donors (Lipinski definition) is 2. The van der Waals surface area contributed by atoms with Crippen molar-refractivity contribution < 1.29 is 13.2 Å². The van der Waals surface area contributed by atoms with Crippen LogP contribution in [0.15, 0.2) is 35.2 Å². The van der Waals surface area contributed by atoms with Crippen molar-refractivity contribution in [3.63, 3.8) is 0 Å². The van der Waals surface area contributed by atoms with Gasteiger partial charge in [0.25, 0.3) is 5.91 Å². The van der Waals surface area contributed by atoms with Crippen LogP contribution >= 0.6 is 11.3 Å². The molecule has 1 aliphatic rings. The number of nitrogens with one attached hydrogen (secondary N) is 1. The summed E-state index contributed by atoms with van der Waals surface area (Å²) in [4.78, 5) is 14.4. The number of hydrogen-bond acceptors (Lipinski definition) is 4. The Morgan fingerprint density at radius 1 is 1.09 bits per heavy atom. The highest BCUT2D eigenvalue weighted by Gasteiger charge is 2.16. The summed E-state index contributed by atoms with van der Waals surface area (Å²) in [5.74, 6) is -0.161. The lowest BCUT2D eigenvalue weighted by atomic mass is 10.1. The summed E-state index contributed by atoms with van der Waals surface area (Å²) in [5.41, 5.74) is 1.84. The molecule has 0 radical (unpaired) electrons. The van der Waals surface area contributed by atoms with Crippen LogP contribution < -0.4 is 10.5 Å². The van der Waals surface area contributed by atoms with Crippen LogP contribution in [0.5, 0.6) is 0 Å². The number of rotatable bonds is 3. The van der Waals surface area contributed by atoms with Crippen LogP contribution in [0, 0.1) is 0 Å². The molecule has 0 bridgehead atoms. The molecule has 7 heteroatoms. The second-order valence-corrected chi connectivity index (χ2v) is 8.34. The summed E-state index contributed by atoms with van der Waals surface area (Å²) >= 11 is 1.56. The Bertz CT molecular complexity index is 800. The highest BCUT2D eigenvalue weighted by molar-refractivity contribution is 7.89. The first-order valence-electron chi connectivity index (χ1n) is 7.49. The van der Waals surface area contributed by atoms with E-state index in [1.54, 1.807) is 11.3 Å². The quantitative estimate of drug-likeness (QED) is 0.834. The van der Waals surface area contributed by atoms with Gasteiger partial charge in [0.1, 0.15) is 0 Å². The molecule has 23 heavy (non-hydrogen) atoms. The minimum Gasteiger partial charge on any atom is -0.321 e. The lowest BCUT2D eigenvalue weighted by Crippen LogP contribution is -2.13. The van der Waals surface area contributed by atoms with Crippen molar-refractivity contribution in [1.82, 2.24) is 0 Å². The zero-order valence-corrected chi connectivity index (χ0v) is 14.2. The first-order chi connectivity index (χ1) is 10.9. The number of sulfonamides is 1. The van der Waals surface area contributed by atoms with E-state index >= 15 is 0 Å². The maximum absolute atomic E-state index is 12.4. The Morgan fingerprint density at radius 2 is 1.78 bits per heavy atom. The van der Waals surface area contributed by atoms with Crippen molar-refractivity contribution >= 4 is 33.0 Å². The summed E-state index contributed by atoms with van der Waals surface area (Å²) in [6.45, 7) is 0. The Labute approximate surface area is 139 Å². The molecule has 1 aromatic carbocycles. The van der Waals surface area contributed by atoms with E-state index in [-0.39, 0.29) is 10.8 Å². The van der Waals surface area contributed by atoms with Crippen molar-refractivity contribution in [2.45, 2.75) is 37.0 Å². The van der Waals surface area contributed by atoms with Crippen molar-refractivity contribution in [1.29, 1.82) is 0 Å². The van der Waals surface area contributed by atoms with Gasteiger partial charge in [-0.3, -0.25) is 4.79 Å². The smallest absolute Gasteiger partial charge is 0.265 e. The largest absolute Gasteiger partial charge is 0.321 e. The number of amides is 1. The number of nitrogens with two attached hydrogens (primary N) is 1. The van der Waals surface area contributed by atoms with E-state index in [4.69, 9.17) is 5.14 Å². The molecule has 3 rings (SSSR count). The van der Waals surface area contributed by atoms with Gasteiger partial charge in [-0.05, 0) is 61.6 Å². The first kappa shape index (κ1) is 16.2. The minimum atomic E-state index is -3.72. The van der Waals surface area contributed by atoms with Crippen molar-refractivity contribution in [2.75, 3.05) is 5.32 Å². The average Bonchev–Trinajstić information content (AvgIpc) is 2.78. The van der Waals surface area contributed by atoms with E-state index in [0.717, 1.165) is 12.8 Å². The van der Waals surface area contributed by atoms with Gasteiger partial charge in [-0.1, -0.05) is 6.42 Å². The molecule has 1 aromatic heterocycles. The summed E-state index contributed by atoms with van der Waals surface area (Å²) in [7, 11) is -3.72. The molecular weight excluding hydrogens is 332 g/mol. The molecule has 0 saturated carbocycles. The van der Waals surface area contributed by atoms with Gasteiger partial charge in [0.05, 0.1) is 9.77 Å². The van der Waals surface area contributed by atoms with Gasteiger partial charge in [0.15, 0.2) is 0 Å². The number of primary sulfonamides is 1. The Kier molecular flexibility index (Phi) is 4.52. The van der Waals surface area contributed by atoms with Crippen LogP contribution in [-0.2, 0) is 22.9 Å². The van der Waals surface area contributed by atoms with Crippen LogP contribution in [0.4, 0.5) is 5.69 Å². The van der Waals surface area contributed by atoms with Crippen molar-refractivity contribution in [2.24, 2.45) is 5.14 Å². The molecule has 0 atom stereocenters. The third-order valence-corrected chi connectivity index (χ3v) is 6.08. The van der Waals surface area contributed by atoms with E-state index < -0.39 is 10.0 Å². The normalized spacial score (nSPS) is 14.8. The molecule has 0 saturated heterocycles. The summed E-state index contributed by atoms with van der Waals surface area (Å²) < 4.78 is 22.4. The fourth-order valence-electron chi connectivity index (χ4n) is 2.70. The topological polar surface area (TPSA) is 89.3 Å². The molecule has 5 nitrogen and oxygen atoms in total. The number of carbonyl (C=O) groups excluding carboxylic acids is 1. The first-order valence-corrected chi connectivity index (χ1v) is 9.85. The zero-order valence-electron chi connectivity index (χ0n) is 12.5. The molecule has 2 aromatic rings. The second-order valence-electron chi connectivity index (χ2n) is 5.64. The Morgan fingerprint density at radius 3 is 2.48 bits per heavy atom. The number of fused-ring (bicyclic) bond motifs is 1. The highest BCUT2D eigenvalue weighted by Crippen LogP contribution is 2.29. The van der Waals surface area contributed by atoms with Crippen LogP contribution in [0.1, 0.15) is 39.4 Å². The van der Waals surface area contributed by atoms with Crippen LogP contribution in [0.25, 0.3) is 0 Å². The van der Waals surface area contributed by atoms with Crippen molar-refractivity contribution in [3.8, 4) is 0 Å². The molecule has 122 valence electrons. The third-order valence-electron chi connectivity index (χ3n) is 3.91. The maximum atomic E-state index is 12.4. The second kappa shape index (κ2) is 6.43. The van der Waals surface area contributed by atoms with Crippen LogP contribution in [-0.4, -0.2) is 14.3 Å². The molecule has 1 heterocycles. The van der Waals surface area contributed by atoms with Gasteiger partial charge in [-0.15, -0.1) is 11.3 Å². The predicted molar refractivity (Wildman–Crippen MR) is 91.3 cm³/mol. The molecular formula is C16H18N2O3S2. The number of aryl methyl sites for hydroxylation is 2. The maximum Gasteiger partial charge on any atom is 0.265 e. The molecule has 0 aliphatic heterocycles. The third kappa shape index (κ3) is 3.80. The summed E-state index contributed by atoms with van der Waals surface area (Å²) in [5, 5.41) is 7.85. The average molecular weight is 350 g/mol. The standard InChI is InChI=1S/C16H18N2O3S2/c17-23(20,21)13-8-6-12(7-9-13)18-16(19)15-10-11-4-2-1-3-5-14(11)22-15/h6-10H,1-5H2,(H,18,19)(H2,17,20,21). The number of benzene rings is 1. The summed E-state index contributed by atoms with van der Waals surface area (Å²) in [6, 6.07) is 7.83. The fraction of sp³-hybridized carbons (Fsp3) is 0.312. The van der Waals surface area contributed by atoms with Crippen LogP contribution in [0.2, 0.25) is 0 Å². The van der Waals surface area contributed by atoms with Gasteiger partial charge < -0.3 is 5.32 Å². The summed E-state index contributed by atoms with van der Waals surface area (Å²) in [6.07, 6.45) is 5.71. The molecule has 0 spiro atoms. The molecule has 0 unspecified atom stereocenters. The van der Waals surface area contributed by atoms with Gasteiger partial charge in [0.2, 0.25) is 10.0 Å². The minimum absolute atomic E-state index is 0.0262. The molecule has 1 aliphatic carbocycles. The van der Waals surface area contributed by atoms with E-state index in [9.17, 15) is 13.2 Å². The molecule has 1 amide bonds. The van der Waals surface area contributed by atoms with E-state index in [2.05, 4.69) is 5.32 Å². The Balaban J connectivity index is 1.74. The predicted octanol–water partition coefficient (Wildman–Crippen LogP) is 2.92.